The first-order valence-corrected chi connectivity index (χ1v) is 12.1. The minimum atomic E-state index is -0.630. The second kappa shape index (κ2) is 9.71. The van der Waals surface area contributed by atoms with Gasteiger partial charge in [-0.25, -0.2) is 0 Å². The van der Waals surface area contributed by atoms with Gasteiger partial charge in [-0.1, -0.05) is 60.7 Å². The maximum absolute atomic E-state index is 10.9. The van der Waals surface area contributed by atoms with Crippen molar-refractivity contribution in [3.63, 3.8) is 0 Å². The Labute approximate surface area is 204 Å². The number of hydrogen-bond donors (Lipinski definition) is 2. The number of carboxylic acids is 1. The van der Waals surface area contributed by atoms with E-state index in [9.17, 15) is 14.4 Å². The van der Waals surface area contributed by atoms with E-state index in [1.807, 2.05) is 0 Å². The molecule has 0 saturated heterocycles. The molecule has 176 valence electrons. The third kappa shape index (κ3) is 4.80. The van der Waals surface area contributed by atoms with Gasteiger partial charge in [-0.3, -0.25) is 19.7 Å². The standard InChI is InChI=1S/C18H16.C8H5NO2.C4H6O2/c1-3-7-15-13(5-1)9-11-18-16-8-4-2-6-14(16)10-12-17(15)18;10-7-5-3-1-2-4-6(5)8(11)9-7;5-4(6)3-1-2-3/h1-3,5-7,10,12H,4,8-9,11H2;1-4H,(H,9,10,11);3H,1-2H2,(H,5,6). The summed E-state index contributed by atoms with van der Waals surface area (Å²) in [5, 5.41) is 10.3. The molecule has 0 atom stereocenters. The highest BCUT2D eigenvalue weighted by atomic mass is 16.4. The summed E-state index contributed by atoms with van der Waals surface area (Å²) in [6.07, 6.45) is 11.2. The first kappa shape index (κ1) is 22.8. The largest absolute Gasteiger partial charge is 0.481 e. The van der Waals surface area contributed by atoms with Crippen LogP contribution in [0.4, 0.5) is 0 Å². The smallest absolute Gasteiger partial charge is 0.306 e. The lowest BCUT2D eigenvalue weighted by Crippen LogP contribution is -2.19. The number of imide groups is 1. The first-order valence-electron chi connectivity index (χ1n) is 12.1. The number of hydrogen-bond acceptors (Lipinski definition) is 3. The SMILES string of the molecule is C1=Cc2ccc3c(c2CC1)CCc1ccccc1-3.O=C(O)C1CC1.O=C1NC(=O)c2ccccc21. The highest BCUT2D eigenvalue weighted by Gasteiger charge is 2.28. The quantitative estimate of drug-likeness (QED) is 0.467. The molecule has 0 radical (unpaired) electrons. The van der Waals surface area contributed by atoms with Crippen LogP contribution in [-0.2, 0) is 24.1 Å². The summed E-state index contributed by atoms with van der Waals surface area (Å²) >= 11 is 0. The summed E-state index contributed by atoms with van der Waals surface area (Å²) in [6.45, 7) is 0. The second-order valence-electron chi connectivity index (χ2n) is 9.20. The highest BCUT2D eigenvalue weighted by molar-refractivity contribution is 6.21. The molecule has 1 aliphatic heterocycles. The van der Waals surface area contributed by atoms with E-state index in [0.29, 0.717) is 11.1 Å². The number of aryl methyl sites for hydroxylation is 1. The average Bonchev–Trinajstić information content (AvgIpc) is 3.71. The number of amides is 2. The molecule has 4 aliphatic rings. The maximum Gasteiger partial charge on any atom is 0.306 e. The van der Waals surface area contributed by atoms with E-state index in [1.54, 1.807) is 35.4 Å². The Bertz CT molecular complexity index is 1320. The zero-order chi connectivity index (χ0) is 24.4. The zero-order valence-electron chi connectivity index (χ0n) is 19.4. The zero-order valence-corrected chi connectivity index (χ0v) is 19.4. The topological polar surface area (TPSA) is 83.5 Å². The van der Waals surface area contributed by atoms with Gasteiger partial charge < -0.3 is 5.11 Å². The lowest BCUT2D eigenvalue weighted by Gasteiger charge is -2.25. The van der Waals surface area contributed by atoms with Crippen molar-refractivity contribution in [3.05, 3.63) is 100 Å². The molecule has 3 aromatic rings. The predicted octanol–water partition coefficient (Wildman–Crippen LogP) is 5.46. The van der Waals surface area contributed by atoms with Gasteiger partial charge in [-0.15, -0.1) is 0 Å². The van der Waals surface area contributed by atoms with Crippen molar-refractivity contribution in [1.29, 1.82) is 0 Å². The first-order chi connectivity index (χ1) is 17.0. The number of carbonyl (C=O) groups excluding carboxylic acids is 2. The lowest BCUT2D eigenvalue weighted by atomic mass is 9.80. The van der Waals surface area contributed by atoms with E-state index < -0.39 is 5.97 Å². The summed E-state index contributed by atoms with van der Waals surface area (Å²) in [5.41, 5.74) is 10.0. The van der Waals surface area contributed by atoms with Gasteiger partial charge in [0.05, 0.1) is 17.0 Å². The molecule has 1 fully saturated rings. The third-order valence-electron chi connectivity index (χ3n) is 6.85. The molecule has 7 rings (SSSR count). The number of carbonyl (C=O) groups is 3. The number of carboxylic acid groups (broad SMARTS) is 1. The van der Waals surface area contributed by atoms with Crippen molar-refractivity contribution in [1.82, 2.24) is 5.32 Å². The van der Waals surface area contributed by atoms with Gasteiger partial charge in [-0.05, 0) is 84.0 Å². The fourth-order valence-corrected chi connectivity index (χ4v) is 4.85. The third-order valence-corrected chi connectivity index (χ3v) is 6.85. The van der Waals surface area contributed by atoms with Crippen molar-refractivity contribution >= 4 is 23.9 Å². The van der Waals surface area contributed by atoms with Crippen LogP contribution in [0.25, 0.3) is 17.2 Å². The monoisotopic (exact) mass is 465 g/mol. The van der Waals surface area contributed by atoms with E-state index in [-0.39, 0.29) is 17.7 Å². The number of aliphatic carboxylic acids is 1. The number of benzene rings is 3. The number of fused-ring (bicyclic) bond motifs is 6. The summed E-state index contributed by atoms with van der Waals surface area (Å²) in [6, 6.07) is 20.2. The molecule has 1 saturated carbocycles. The second-order valence-corrected chi connectivity index (χ2v) is 9.20. The molecule has 0 unspecified atom stereocenters. The number of nitrogens with one attached hydrogen (secondary N) is 1. The van der Waals surface area contributed by atoms with Crippen molar-refractivity contribution in [3.8, 4) is 11.1 Å². The van der Waals surface area contributed by atoms with Crippen LogP contribution in [0.2, 0.25) is 0 Å². The van der Waals surface area contributed by atoms with E-state index in [4.69, 9.17) is 5.11 Å². The lowest BCUT2D eigenvalue weighted by molar-refractivity contribution is -0.138. The van der Waals surface area contributed by atoms with Crippen molar-refractivity contribution in [2.75, 3.05) is 0 Å². The van der Waals surface area contributed by atoms with Gasteiger partial charge in [0.25, 0.3) is 11.8 Å². The molecule has 3 aliphatic carbocycles. The van der Waals surface area contributed by atoms with Gasteiger partial charge in [-0.2, -0.15) is 0 Å². The van der Waals surface area contributed by atoms with Crippen LogP contribution in [-0.4, -0.2) is 22.9 Å². The van der Waals surface area contributed by atoms with Crippen LogP contribution in [0.1, 0.15) is 62.2 Å². The van der Waals surface area contributed by atoms with Gasteiger partial charge in [0.15, 0.2) is 0 Å². The molecule has 5 nitrogen and oxygen atoms in total. The summed E-state index contributed by atoms with van der Waals surface area (Å²) < 4.78 is 0. The predicted molar refractivity (Wildman–Crippen MR) is 135 cm³/mol. The maximum atomic E-state index is 10.9. The van der Waals surface area contributed by atoms with Gasteiger partial charge in [0.2, 0.25) is 0 Å². The summed E-state index contributed by atoms with van der Waals surface area (Å²) in [5.74, 6) is -1.21. The Kier molecular flexibility index (Phi) is 6.32. The fourth-order valence-electron chi connectivity index (χ4n) is 4.85. The minimum Gasteiger partial charge on any atom is -0.481 e. The van der Waals surface area contributed by atoms with E-state index in [1.165, 1.54) is 47.9 Å². The molecular weight excluding hydrogens is 438 g/mol. The molecule has 2 N–H and O–H groups in total. The van der Waals surface area contributed by atoms with Crippen LogP contribution in [0.15, 0.2) is 66.7 Å². The van der Waals surface area contributed by atoms with Crippen molar-refractivity contribution in [2.24, 2.45) is 5.92 Å². The summed E-state index contributed by atoms with van der Waals surface area (Å²) in [7, 11) is 0. The van der Waals surface area contributed by atoms with Crippen molar-refractivity contribution < 1.29 is 19.5 Å². The Morgan fingerprint density at radius 2 is 1.40 bits per heavy atom. The van der Waals surface area contributed by atoms with Crippen LogP contribution in [0.3, 0.4) is 0 Å². The molecule has 2 amide bonds. The highest BCUT2D eigenvalue weighted by Crippen LogP contribution is 2.38. The molecule has 0 aromatic heterocycles. The Balaban J connectivity index is 0.000000126. The number of allylic oxidation sites excluding steroid dienone is 1. The van der Waals surface area contributed by atoms with Crippen LogP contribution >= 0.6 is 0 Å². The van der Waals surface area contributed by atoms with Gasteiger partial charge >= 0.3 is 5.97 Å². The van der Waals surface area contributed by atoms with Crippen LogP contribution < -0.4 is 5.32 Å². The Morgan fingerprint density at radius 1 is 0.743 bits per heavy atom. The van der Waals surface area contributed by atoms with E-state index in [2.05, 4.69) is 53.9 Å². The normalized spacial score (nSPS) is 16.2. The molecular formula is C30H27NO4. The molecule has 0 spiro atoms. The molecule has 3 aromatic carbocycles. The Hall–Kier alpha value is -3.99. The molecule has 0 bridgehead atoms. The van der Waals surface area contributed by atoms with Crippen LogP contribution in [0, 0.1) is 5.92 Å². The Morgan fingerprint density at radius 3 is 2.03 bits per heavy atom. The average molecular weight is 466 g/mol. The fraction of sp³-hybridized carbons (Fsp3) is 0.233. The van der Waals surface area contributed by atoms with E-state index >= 15 is 0 Å². The van der Waals surface area contributed by atoms with Crippen molar-refractivity contribution in [2.45, 2.75) is 38.5 Å². The van der Waals surface area contributed by atoms with Gasteiger partial charge in [0.1, 0.15) is 0 Å². The van der Waals surface area contributed by atoms with Gasteiger partial charge in [0, 0.05) is 0 Å². The summed E-state index contributed by atoms with van der Waals surface area (Å²) in [4.78, 5) is 31.6. The molecule has 1 heterocycles. The van der Waals surface area contributed by atoms with E-state index in [0.717, 1.165) is 12.8 Å². The number of rotatable bonds is 1. The minimum absolute atomic E-state index is 0.0185. The molecule has 35 heavy (non-hydrogen) atoms. The van der Waals surface area contributed by atoms with Crippen LogP contribution in [0.5, 0.6) is 0 Å². The molecule has 5 heteroatoms.